The molecule has 8 heteroatoms. The molecule has 0 unspecified atom stereocenters. The van der Waals surface area contributed by atoms with Gasteiger partial charge in [0.15, 0.2) is 0 Å². The van der Waals surface area contributed by atoms with Crippen LogP contribution >= 0.6 is 11.3 Å². The summed E-state index contributed by atoms with van der Waals surface area (Å²) < 4.78 is 30.2. The van der Waals surface area contributed by atoms with E-state index in [0.29, 0.717) is 10.6 Å². The van der Waals surface area contributed by atoms with Crippen LogP contribution in [0, 0.1) is 5.92 Å². The number of aliphatic hydroxyl groups excluding tert-OH is 1. The van der Waals surface area contributed by atoms with Crippen LogP contribution in [0.3, 0.4) is 0 Å². The topological polar surface area (TPSA) is 84.2 Å². The molecule has 2 N–H and O–H groups in total. The summed E-state index contributed by atoms with van der Waals surface area (Å²) in [5, 5.41) is 14.0. The van der Waals surface area contributed by atoms with Crippen molar-refractivity contribution in [2.24, 2.45) is 5.92 Å². The Morgan fingerprint density at radius 1 is 1.23 bits per heavy atom. The molecule has 1 saturated carbocycles. The molecule has 0 saturated heterocycles. The van der Waals surface area contributed by atoms with E-state index in [1.807, 2.05) is 30.3 Å². The molecule has 26 heavy (non-hydrogen) atoms. The van der Waals surface area contributed by atoms with Crippen molar-refractivity contribution >= 4 is 21.4 Å². The molecule has 1 aliphatic carbocycles. The summed E-state index contributed by atoms with van der Waals surface area (Å²) in [4.78, 5) is 0. The third kappa shape index (κ3) is 3.21. The second-order valence-corrected chi connectivity index (χ2v) is 9.49. The zero-order chi connectivity index (χ0) is 18.3. The molecular formula is C18H19N3O3S2. The molecule has 1 aliphatic rings. The van der Waals surface area contributed by atoms with Crippen molar-refractivity contribution in [2.75, 3.05) is 0 Å². The van der Waals surface area contributed by atoms with Gasteiger partial charge in [0.05, 0.1) is 12.8 Å². The van der Waals surface area contributed by atoms with Crippen molar-refractivity contribution in [2.45, 2.75) is 29.7 Å². The Kier molecular flexibility index (Phi) is 4.44. The van der Waals surface area contributed by atoms with Gasteiger partial charge in [-0.05, 0) is 23.6 Å². The summed E-state index contributed by atoms with van der Waals surface area (Å²) >= 11 is 1.15. The van der Waals surface area contributed by atoms with Crippen LogP contribution in [0.15, 0.2) is 59.1 Å². The van der Waals surface area contributed by atoms with E-state index in [0.717, 1.165) is 16.9 Å². The third-order valence-corrected chi connectivity index (χ3v) is 7.76. The van der Waals surface area contributed by atoms with Gasteiger partial charge in [0, 0.05) is 23.7 Å². The number of aromatic nitrogens is 2. The molecule has 3 aromatic rings. The standard InChI is InChI=1S/C18H19N3O3S2/c1-12-17(14-5-3-2-4-6-14)18(12)20-26(23,24)16-8-7-15(25-16)21-10-13(11-22)9-19-21/h2-10,12,17-18,20,22H,11H2,1H3/t12-,17-,18+/m1/s1. The van der Waals surface area contributed by atoms with Gasteiger partial charge in [-0.3, -0.25) is 0 Å². The number of sulfonamides is 1. The minimum atomic E-state index is -3.58. The molecular weight excluding hydrogens is 370 g/mol. The van der Waals surface area contributed by atoms with Crippen molar-refractivity contribution in [3.63, 3.8) is 0 Å². The summed E-state index contributed by atoms with van der Waals surface area (Å²) in [6.07, 6.45) is 3.24. The summed E-state index contributed by atoms with van der Waals surface area (Å²) in [5.41, 5.74) is 1.84. The normalized spacial score (nSPS) is 22.5. The fraction of sp³-hybridized carbons (Fsp3) is 0.278. The average Bonchev–Trinajstić information content (AvgIpc) is 3.09. The van der Waals surface area contributed by atoms with Crippen LogP contribution in [0.4, 0.5) is 0 Å². The molecule has 2 aromatic heterocycles. The molecule has 0 aliphatic heterocycles. The maximum Gasteiger partial charge on any atom is 0.250 e. The number of nitrogens with one attached hydrogen (secondary N) is 1. The van der Waals surface area contributed by atoms with Gasteiger partial charge in [-0.15, -0.1) is 11.3 Å². The van der Waals surface area contributed by atoms with Crippen molar-refractivity contribution in [3.05, 3.63) is 66.0 Å². The van der Waals surface area contributed by atoms with E-state index in [9.17, 15) is 8.42 Å². The molecule has 1 aromatic carbocycles. The van der Waals surface area contributed by atoms with E-state index in [1.54, 1.807) is 29.2 Å². The molecule has 0 radical (unpaired) electrons. The number of rotatable bonds is 6. The molecule has 0 amide bonds. The van der Waals surface area contributed by atoms with E-state index >= 15 is 0 Å². The van der Waals surface area contributed by atoms with Gasteiger partial charge in [-0.25, -0.2) is 17.8 Å². The van der Waals surface area contributed by atoms with Gasteiger partial charge in [-0.1, -0.05) is 37.3 Å². The molecule has 2 heterocycles. The number of hydrogen-bond donors (Lipinski definition) is 2. The van der Waals surface area contributed by atoms with Gasteiger partial charge in [0.1, 0.15) is 9.21 Å². The largest absolute Gasteiger partial charge is 0.392 e. The predicted molar refractivity (Wildman–Crippen MR) is 99.8 cm³/mol. The Labute approximate surface area is 156 Å². The molecule has 6 nitrogen and oxygen atoms in total. The van der Waals surface area contributed by atoms with Gasteiger partial charge < -0.3 is 5.11 Å². The lowest BCUT2D eigenvalue weighted by Crippen LogP contribution is -2.27. The van der Waals surface area contributed by atoms with E-state index in [2.05, 4.69) is 16.7 Å². The molecule has 3 atom stereocenters. The molecule has 136 valence electrons. The van der Waals surface area contributed by atoms with Gasteiger partial charge in [0.2, 0.25) is 10.0 Å². The van der Waals surface area contributed by atoms with E-state index < -0.39 is 10.0 Å². The number of thiophene rings is 1. The summed E-state index contributed by atoms with van der Waals surface area (Å²) in [6, 6.07) is 13.2. The van der Waals surface area contributed by atoms with Gasteiger partial charge in [0.25, 0.3) is 0 Å². The van der Waals surface area contributed by atoms with Crippen LogP contribution in [0.1, 0.15) is 24.0 Å². The third-order valence-electron chi connectivity index (χ3n) is 4.73. The highest BCUT2D eigenvalue weighted by atomic mass is 32.2. The minimum Gasteiger partial charge on any atom is -0.392 e. The number of aliphatic hydroxyl groups is 1. The van der Waals surface area contributed by atoms with Gasteiger partial charge in [-0.2, -0.15) is 5.10 Å². The van der Waals surface area contributed by atoms with Crippen LogP contribution in [0.5, 0.6) is 0 Å². The van der Waals surface area contributed by atoms with Crippen LogP contribution in [0.2, 0.25) is 0 Å². The average molecular weight is 390 g/mol. The molecule has 4 rings (SSSR count). The zero-order valence-electron chi connectivity index (χ0n) is 14.1. The Balaban J connectivity index is 1.51. The summed E-state index contributed by atoms with van der Waals surface area (Å²) in [7, 11) is -3.58. The first-order chi connectivity index (χ1) is 12.5. The second-order valence-electron chi connectivity index (χ2n) is 6.49. The monoisotopic (exact) mass is 389 g/mol. The lowest BCUT2D eigenvalue weighted by atomic mass is 10.1. The smallest absolute Gasteiger partial charge is 0.250 e. The lowest BCUT2D eigenvalue weighted by Gasteiger charge is -2.04. The fourth-order valence-electron chi connectivity index (χ4n) is 3.21. The Morgan fingerprint density at radius 3 is 2.69 bits per heavy atom. The number of nitrogens with zero attached hydrogens (tertiary/aromatic N) is 2. The predicted octanol–water partition coefficient (Wildman–Crippen LogP) is 2.51. The molecule has 0 bridgehead atoms. The van der Waals surface area contributed by atoms with Gasteiger partial charge >= 0.3 is 0 Å². The van der Waals surface area contributed by atoms with Crippen LogP contribution in [-0.4, -0.2) is 29.3 Å². The number of benzene rings is 1. The molecule has 1 fully saturated rings. The Morgan fingerprint density at radius 2 is 2.00 bits per heavy atom. The van der Waals surface area contributed by atoms with Crippen molar-refractivity contribution < 1.29 is 13.5 Å². The summed E-state index contributed by atoms with van der Waals surface area (Å²) in [5.74, 6) is 0.480. The minimum absolute atomic E-state index is 0.0846. The zero-order valence-corrected chi connectivity index (χ0v) is 15.7. The van der Waals surface area contributed by atoms with Crippen LogP contribution in [-0.2, 0) is 16.6 Å². The first kappa shape index (κ1) is 17.4. The molecule has 0 spiro atoms. The van der Waals surface area contributed by atoms with Crippen LogP contribution in [0.25, 0.3) is 5.00 Å². The second kappa shape index (κ2) is 6.62. The van der Waals surface area contributed by atoms with Crippen molar-refractivity contribution in [3.8, 4) is 5.00 Å². The quantitative estimate of drug-likeness (QED) is 0.678. The maximum absolute atomic E-state index is 12.7. The SMILES string of the molecule is C[C@H]1[C@H](NS(=O)(=O)c2ccc(-n3cc(CO)cn3)s2)[C@H]1c1ccccc1. The van der Waals surface area contributed by atoms with Crippen LogP contribution < -0.4 is 4.72 Å². The lowest BCUT2D eigenvalue weighted by molar-refractivity contribution is 0.282. The number of hydrogen-bond acceptors (Lipinski definition) is 5. The fourth-order valence-corrected chi connectivity index (χ4v) is 5.80. The maximum atomic E-state index is 12.7. The summed E-state index contributed by atoms with van der Waals surface area (Å²) in [6.45, 7) is 1.96. The van der Waals surface area contributed by atoms with Crippen molar-refractivity contribution in [1.82, 2.24) is 14.5 Å². The highest BCUT2D eigenvalue weighted by Gasteiger charge is 2.49. The first-order valence-corrected chi connectivity index (χ1v) is 10.6. The highest BCUT2D eigenvalue weighted by molar-refractivity contribution is 7.91. The van der Waals surface area contributed by atoms with E-state index in [-0.39, 0.29) is 28.7 Å². The van der Waals surface area contributed by atoms with E-state index in [1.165, 1.54) is 0 Å². The Bertz CT molecular complexity index is 1010. The van der Waals surface area contributed by atoms with Crippen molar-refractivity contribution in [1.29, 1.82) is 0 Å². The highest BCUT2D eigenvalue weighted by Crippen LogP contribution is 2.48. The first-order valence-electron chi connectivity index (χ1n) is 8.31. The Hall–Kier alpha value is -2.00. The van der Waals surface area contributed by atoms with E-state index in [4.69, 9.17) is 5.11 Å².